The van der Waals surface area contributed by atoms with Gasteiger partial charge in [0.25, 0.3) is 0 Å². The van der Waals surface area contributed by atoms with E-state index in [1.54, 1.807) is 0 Å². The fourth-order valence-electron chi connectivity index (χ4n) is 2.49. The first-order valence-electron chi connectivity index (χ1n) is 9.63. The maximum atomic E-state index is 12.5. The molecule has 11 N–H and O–H groups in total. The molecule has 1 heterocycles. The Balaban J connectivity index is 2.65. The largest absolute Gasteiger partial charge is 0.480 e. The van der Waals surface area contributed by atoms with Crippen LogP contribution < -0.4 is 33.2 Å². The number of imidazole rings is 1. The van der Waals surface area contributed by atoms with Crippen molar-refractivity contribution in [2.75, 3.05) is 18.8 Å². The summed E-state index contributed by atoms with van der Waals surface area (Å²) in [6.45, 7) is -0.264. The molecule has 3 atom stereocenters. The lowest BCUT2D eigenvalue weighted by molar-refractivity contribution is -0.141. The normalized spacial score (nSPS) is 13.3. The third kappa shape index (κ3) is 10.1. The standard InChI is InChI=1S/C17H29N9O5S/c18-10(7-32)14(28)26-11(2-1-3-22-17(19)20)15(29)23-6-13(27)25-12(16(30)31)4-9-5-21-8-24-9/h5,8,10-12,32H,1-4,6-7,18H2,(H,21,24)(H,23,29)(H,25,27)(H,26,28)(H,30,31)(H4,19,20,22). The number of rotatable bonds is 14. The molecule has 0 aliphatic rings. The average Bonchev–Trinajstić information content (AvgIpc) is 3.25. The molecule has 0 saturated carbocycles. The molecule has 3 amide bonds. The van der Waals surface area contributed by atoms with Gasteiger partial charge in [0.05, 0.1) is 18.9 Å². The Bertz CT molecular complexity index is 798. The van der Waals surface area contributed by atoms with E-state index in [0.717, 1.165) is 0 Å². The summed E-state index contributed by atoms with van der Waals surface area (Å²) in [6, 6.07) is -3.15. The van der Waals surface area contributed by atoms with Crippen LogP contribution in [0.2, 0.25) is 0 Å². The predicted octanol–water partition coefficient (Wildman–Crippen LogP) is -3.57. The van der Waals surface area contributed by atoms with Gasteiger partial charge >= 0.3 is 5.97 Å². The number of thiol groups is 1. The first-order valence-corrected chi connectivity index (χ1v) is 10.3. The average molecular weight is 472 g/mol. The van der Waals surface area contributed by atoms with Gasteiger partial charge in [-0.25, -0.2) is 9.78 Å². The molecule has 0 saturated heterocycles. The molecule has 0 spiro atoms. The van der Waals surface area contributed by atoms with Crippen molar-refractivity contribution >= 4 is 42.3 Å². The number of aromatic nitrogens is 2. The van der Waals surface area contributed by atoms with Crippen LogP contribution in [0.25, 0.3) is 0 Å². The second kappa shape index (κ2) is 13.9. The second-order valence-electron chi connectivity index (χ2n) is 6.76. The SMILES string of the molecule is NC(N)=NCCCC(NC(=O)C(N)CS)C(=O)NCC(=O)NC(Cc1cnc[nH]1)C(=O)O. The number of hydrogen-bond donors (Lipinski definition) is 9. The molecular weight excluding hydrogens is 442 g/mol. The Kier molecular flexibility index (Phi) is 11.6. The summed E-state index contributed by atoms with van der Waals surface area (Å²) in [5.74, 6) is -3.23. The van der Waals surface area contributed by atoms with Crippen molar-refractivity contribution in [1.82, 2.24) is 25.9 Å². The lowest BCUT2D eigenvalue weighted by Gasteiger charge is -2.20. The molecule has 1 rings (SSSR count). The highest BCUT2D eigenvalue weighted by Crippen LogP contribution is 2.01. The van der Waals surface area contributed by atoms with E-state index in [-0.39, 0.29) is 31.1 Å². The quantitative estimate of drug-likeness (QED) is 0.0563. The van der Waals surface area contributed by atoms with Crippen molar-refractivity contribution in [3.8, 4) is 0 Å². The van der Waals surface area contributed by atoms with E-state index >= 15 is 0 Å². The fraction of sp³-hybridized carbons (Fsp3) is 0.529. The molecule has 32 heavy (non-hydrogen) atoms. The van der Waals surface area contributed by atoms with Crippen molar-refractivity contribution in [2.24, 2.45) is 22.2 Å². The van der Waals surface area contributed by atoms with Gasteiger partial charge in [0, 0.05) is 30.6 Å². The summed E-state index contributed by atoms with van der Waals surface area (Å²) < 4.78 is 0. The Labute approximate surface area is 189 Å². The van der Waals surface area contributed by atoms with E-state index in [2.05, 4.69) is 43.5 Å². The highest BCUT2D eigenvalue weighted by Gasteiger charge is 2.25. The number of aliphatic imine (C=N–C) groups is 1. The summed E-state index contributed by atoms with van der Waals surface area (Å²) in [7, 11) is 0. The molecule has 1 aromatic heterocycles. The molecular formula is C17H29N9O5S. The molecule has 0 radical (unpaired) electrons. The second-order valence-corrected chi connectivity index (χ2v) is 7.12. The van der Waals surface area contributed by atoms with Gasteiger partial charge in [-0.15, -0.1) is 0 Å². The van der Waals surface area contributed by atoms with Crippen molar-refractivity contribution in [1.29, 1.82) is 0 Å². The van der Waals surface area contributed by atoms with Crippen LogP contribution in [-0.2, 0) is 25.6 Å². The highest BCUT2D eigenvalue weighted by atomic mass is 32.1. The number of nitrogens with two attached hydrogens (primary N) is 3. The molecule has 14 nitrogen and oxygen atoms in total. The Morgan fingerprint density at radius 1 is 1.19 bits per heavy atom. The number of aliphatic carboxylic acids is 1. The number of guanidine groups is 1. The number of carboxylic acid groups (broad SMARTS) is 1. The van der Waals surface area contributed by atoms with Crippen molar-refractivity contribution in [2.45, 2.75) is 37.4 Å². The zero-order valence-electron chi connectivity index (χ0n) is 17.3. The molecule has 0 bridgehead atoms. The Morgan fingerprint density at radius 2 is 1.91 bits per heavy atom. The van der Waals surface area contributed by atoms with E-state index in [1.807, 2.05) is 0 Å². The number of hydrogen-bond acceptors (Lipinski definition) is 8. The Morgan fingerprint density at radius 3 is 2.47 bits per heavy atom. The van der Waals surface area contributed by atoms with Crippen molar-refractivity contribution in [3.63, 3.8) is 0 Å². The third-order valence-electron chi connectivity index (χ3n) is 4.15. The van der Waals surface area contributed by atoms with Gasteiger partial charge in [-0.1, -0.05) is 0 Å². The Hall–Kier alpha value is -3.33. The number of H-pyrrole nitrogens is 1. The van der Waals surface area contributed by atoms with E-state index in [1.165, 1.54) is 12.5 Å². The first kappa shape index (κ1) is 26.7. The van der Waals surface area contributed by atoms with Crippen LogP contribution in [0.4, 0.5) is 0 Å². The smallest absolute Gasteiger partial charge is 0.326 e. The maximum Gasteiger partial charge on any atom is 0.326 e. The first-order chi connectivity index (χ1) is 15.1. The molecule has 0 aliphatic carbocycles. The summed E-state index contributed by atoms with van der Waals surface area (Å²) in [5.41, 5.74) is 16.6. The minimum Gasteiger partial charge on any atom is -0.480 e. The van der Waals surface area contributed by atoms with Crippen LogP contribution in [0.15, 0.2) is 17.5 Å². The predicted molar refractivity (Wildman–Crippen MR) is 119 cm³/mol. The highest BCUT2D eigenvalue weighted by molar-refractivity contribution is 7.80. The molecule has 0 aliphatic heterocycles. The van der Waals surface area contributed by atoms with E-state index in [4.69, 9.17) is 17.2 Å². The van der Waals surface area contributed by atoms with Gasteiger partial charge in [0.2, 0.25) is 17.7 Å². The summed E-state index contributed by atoms with van der Waals surface area (Å²) in [5, 5.41) is 16.5. The lowest BCUT2D eigenvalue weighted by Crippen LogP contribution is -2.54. The van der Waals surface area contributed by atoms with Crippen LogP contribution in [-0.4, -0.2) is 81.7 Å². The monoisotopic (exact) mass is 471 g/mol. The van der Waals surface area contributed by atoms with Crippen LogP contribution in [0, 0.1) is 0 Å². The van der Waals surface area contributed by atoms with Crippen LogP contribution in [0.5, 0.6) is 0 Å². The van der Waals surface area contributed by atoms with Gasteiger partial charge in [-0.3, -0.25) is 19.4 Å². The molecule has 15 heteroatoms. The topological polar surface area (TPSA) is 244 Å². The summed E-state index contributed by atoms with van der Waals surface area (Å²) in [6.07, 6.45) is 3.35. The maximum absolute atomic E-state index is 12.5. The zero-order chi connectivity index (χ0) is 24.1. The fourth-order valence-corrected chi connectivity index (χ4v) is 2.65. The van der Waals surface area contributed by atoms with E-state index < -0.39 is 48.4 Å². The zero-order valence-corrected chi connectivity index (χ0v) is 18.2. The minimum atomic E-state index is -1.25. The number of carbonyl (C=O) groups is 4. The number of amides is 3. The lowest BCUT2D eigenvalue weighted by atomic mass is 10.1. The van der Waals surface area contributed by atoms with E-state index in [9.17, 15) is 24.3 Å². The third-order valence-corrected chi connectivity index (χ3v) is 4.54. The van der Waals surface area contributed by atoms with Crippen molar-refractivity contribution < 1.29 is 24.3 Å². The van der Waals surface area contributed by atoms with Crippen LogP contribution >= 0.6 is 12.6 Å². The van der Waals surface area contributed by atoms with E-state index in [0.29, 0.717) is 12.1 Å². The summed E-state index contributed by atoms with van der Waals surface area (Å²) in [4.78, 5) is 58.4. The van der Waals surface area contributed by atoms with Crippen LogP contribution in [0.3, 0.4) is 0 Å². The number of aromatic amines is 1. The van der Waals surface area contributed by atoms with Crippen molar-refractivity contribution in [3.05, 3.63) is 18.2 Å². The number of nitrogens with zero attached hydrogens (tertiary/aromatic N) is 2. The van der Waals surface area contributed by atoms with Gasteiger partial charge < -0.3 is 43.2 Å². The van der Waals surface area contributed by atoms with Gasteiger partial charge in [0.15, 0.2) is 5.96 Å². The van der Waals surface area contributed by atoms with Gasteiger partial charge in [0.1, 0.15) is 12.1 Å². The molecule has 1 aromatic rings. The van der Waals surface area contributed by atoms with Gasteiger partial charge in [-0.05, 0) is 12.8 Å². The molecule has 0 fully saturated rings. The number of carboxylic acids is 1. The minimum absolute atomic E-state index is 0.0138. The number of nitrogens with one attached hydrogen (secondary N) is 4. The van der Waals surface area contributed by atoms with Gasteiger partial charge in [-0.2, -0.15) is 12.6 Å². The molecule has 0 aromatic carbocycles. The molecule has 3 unspecified atom stereocenters. The number of carbonyl (C=O) groups excluding carboxylic acids is 3. The summed E-state index contributed by atoms with van der Waals surface area (Å²) >= 11 is 3.95. The van der Waals surface area contributed by atoms with Crippen LogP contribution in [0.1, 0.15) is 18.5 Å². The molecule has 178 valence electrons.